The molecule has 1 aliphatic carbocycles. The molecular weight excluding hydrogens is 296 g/mol. The number of rotatable bonds is 2. The van der Waals surface area contributed by atoms with Crippen LogP contribution in [0, 0.1) is 0 Å². The molecule has 106 valence electrons. The van der Waals surface area contributed by atoms with Crippen molar-refractivity contribution in [2.24, 2.45) is 0 Å². The molecule has 4 rings (SSSR count). The average Bonchev–Trinajstić information content (AvgIpc) is 2.97. The quantitative estimate of drug-likeness (QED) is 0.501. The van der Waals surface area contributed by atoms with Gasteiger partial charge in [0.25, 0.3) is 0 Å². The maximum Gasteiger partial charge on any atom is 0.0933 e. The Morgan fingerprint density at radius 2 is 1.76 bits per heavy atom. The lowest BCUT2D eigenvalue weighted by Gasteiger charge is -2.11. The summed E-state index contributed by atoms with van der Waals surface area (Å²) in [6.45, 7) is 0. The van der Waals surface area contributed by atoms with Gasteiger partial charge in [0.2, 0.25) is 0 Å². The lowest BCUT2D eigenvalue weighted by Crippen LogP contribution is -1.96. The van der Waals surface area contributed by atoms with Gasteiger partial charge in [-0.2, -0.15) is 0 Å². The molecule has 2 heteroatoms. The summed E-state index contributed by atoms with van der Waals surface area (Å²) >= 11 is 8.76. The Morgan fingerprint density at radius 1 is 0.952 bits per heavy atom. The van der Waals surface area contributed by atoms with Crippen molar-refractivity contribution in [3.8, 4) is 0 Å². The Morgan fingerprint density at radius 3 is 2.67 bits per heavy atom. The molecule has 0 nitrogen and oxygen atoms in total. The molecule has 1 aromatic heterocycles. The number of alkyl halides is 1. The van der Waals surface area contributed by atoms with Crippen molar-refractivity contribution in [2.45, 2.75) is 31.1 Å². The Bertz CT molecular complexity index is 758. The molecule has 0 bridgehead atoms. The van der Waals surface area contributed by atoms with Crippen LogP contribution in [-0.4, -0.2) is 0 Å². The maximum absolute atomic E-state index is 6.84. The van der Waals surface area contributed by atoms with Crippen LogP contribution < -0.4 is 0 Å². The van der Waals surface area contributed by atoms with Gasteiger partial charge in [-0.05, 0) is 53.6 Å². The zero-order valence-corrected chi connectivity index (χ0v) is 13.4. The van der Waals surface area contributed by atoms with Gasteiger partial charge in [-0.3, -0.25) is 0 Å². The highest BCUT2D eigenvalue weighted by molar-refractivity contribution is 7.12. The Kier molecular flexibility index (Phi) is 3.48. The van der Waals surface area contributed by atoms with E-state index < -0.39 is 0 Å². The zero-order valence-electron chi connectivity index (χ0n) is 11.8. The number of thiophene rings is 1. The molecule has 0 saturated heterocycles. The third kappa shape index (κ3) is 2.39. The molecule has 2 aromatic carbocycles. The van der Waals surface area contributed by atoms with Gasteiger partial charge in [-0.15, -0.1) is 22.9 Å². The summed E-state index contributed by atoms with van der Waals surface area (Å²) in [6.07, 6.45) is 5.11. The van der Waals surface area contributed by atoms with Gasteiger partial charge in [-0.25, -0.2) is 0 Å². The highest BCUT2D eigenvalue weighted by Crippen LogP contribution is 2.40. The van der Waals surface area contributed by atoms with E-state index in [2.05, 4.69) is 48.5 Å². The standard InChI is InChI=1S/C19H17ClS/c20-19(18-12-14-7-2-4-11-17(14)21-18)16-10-5-8-13-6-1-3-9-15(13)16/h1,3,5-6,8-10,12,19H,2,4,7,11H2. The van der Waals surface area contributed by atoms with Crippen LogP contribution in [0.3, 0.4) is 0 Å². The first-order valence-electron chi connectivity index (χ1n) is 7.56. The summed E-state index contributed by atoms with van der Waals surface area (Å²) in [5, 5.41) is 2.50. The van der Waals surface area contributed by atoms with Crippen molar-refractivity contribution in [3.05, 3.63) is 69.4 Å². The molecular formula is C19H17ClS. The summed E-state index contributed by atoms with van der Waals surface area (Å²) in [7, 11) is 0. The fourth-order valence-corrected chi connectivity index (χ4v) is 4.90. The number of benzene rings is 2. The number of aryl methyl sites for hydroxylation is 2. The number of hydrogen-bond acceptors (Lipinski definition) is 1. The van der Waals surface area contributed by atoms with Gasteiger partial charge in [0.15, 0.2) is 0 Å². The lowest BCUT2D eigenvalue weighted by molar-refractivity contribution is 0.697. The Hall–Kier alpha value is -1.31. The van der Waals surface area contributed by atoms with Crippen LogP contribution in [-0.2, 0) is 12.8 Å². The SMILES string of the molecule is ClC(c1cc2c(s1)CCCC2)c1cccc2ccccc12. The van der Waals surface area contributed by atoms with Crippen LogP contribution in [0.2, 0.25) is 0 Å². The topological polar surface area (TPSA) is 0 Å². The van der Waals surface area contributed by atoms with E-state index in [-0.39, 0.29) is 5.38 Å². The number of fused-ring (bicyclic) bond motifs is 2. The minimum atomic E-state index is -0.0355. The van der Waals surface area contributed by atoms with Crippen LogP contribution in [0.15, 0.2) is 48.5 Å². The summed E-state index contributed by atoms with van der Waals surface area (Å²) in [5.74, 6) is 0. The second-order valence-electron chi connectivity index (χ2n) is 5.74. The normalized spacial score (nSPS) is 15.9. The zero-order chi connectivity index (χ0) is 14.2. The largest absolute Gasteiger partial charge is 0.143 e. The smallest absolute Gasteiger partial charge is 0.0933 e. The summed E-state index contributed by atoms with van der Waals surface area (Å²) < 4.78 is 0. The van der Waals surface area contributed by atoms with E-state index in [1.807, 2.05) is 11.3 Å². The maximum atomic E-state index is 6.84. The molecule has 1 unspecified atom stereocenters. The van der Waals surface area contributed by atoms with Crippen molar-refractivity contribution in [1.29, 1.82) is 0 Å². The third-order valence-electron chi connectivity index (χ3n) is 4.36. The van der Waals surface area contributed by atoms with Crippen LogP contribution in [0.4, 0.5) is 0 Å². The third-order valence-corrected chi connectivity index (χ3v) is 6.26. The van der Waals surface area contributed by atoms with Crippen LogP contribution >= 0.6 is 22.9 Å². The van der Waals surface area contributed by atoms with E-state index in [1.54, 1.807) is 4.88 Å². The van der Waals surface area contributed by atoms with Crippen molar-refractivity contribution >= 4 is 33.7 Å². The van der Waals surface area contributed by atoms with Gasteiger partial charge >= 0.3 is 0 Å². The second kappa shape index (κ2) is 5.47. The van der Waals surface area contributed by atoms with Crippen molar-refractivity contribution < 1.29 is 0 Å². The molecule has 0 amide bonds. The van der Waals surface area contributed by atoms with Gasteiger partial charge in [0, 0.05) is 9.75 Å². The van der Waals surface area contributed by atoms with Crippen molar-refractivity contribution in [3.63, 3.8) is 0 Å². The van der Waals surface area contributed by atoms with E-state index in [9.17, 15) is 0 Å². The summed E-state index contributed by atoms with van der Waals surface area (Å²) in [5.41, 5.74) is 2.76. The Balaban J connectivity index is 1.79. The van der Waals surface area contributed by atoms with Gasteiger partial charge in [-0.1, -0.05) is 42.5 Å². The first-order chi connectivity index (χ1) is 10.3. The van der Waals surface area contributed by atoms with Crippen molar-refractivity contribution in [1.82, 2.24) is 0 Å². The highest BCUT2D eigenvalue weighted by Gasteiger charge is 2.20. The fraction of sp³-hybridized carbons (Fsp3) is 0.263. The fourth-order valence-electron chi connectivity index (χ4n) is 3.26. The van der Waals surface area contributed by atoms with Gasteiger partial charge < -0.3 is 0 Å². The van der Waals surface area contributed by atoms with E-state index >= 15 is 0 Å². The lowest BCUT2D eigenvalue weighted by atomic mass is 9.97. The van der Waals surface area contributed by atoms with Crippen molar-refractivity contribution in [2.75, 3.05) is 0 Å². The molecule has 0 N–H and O–H groups in total. The van der Waals surface area contributed by atoms with E-state index in [1.165, 1.54) is 52.5 Å². The van der Waals surface area contributed by atoms with Crippen LogP contribution in [0.1, 0.15) is 39.1 Å². The van der Waals surface area contributed by atoms with Gasteiger partial charge in [0.1, 0.15) is 0 Å². The predicted molar refractivity (Wildman–Crippen MR) is 92.6 cm³/mol. The summed E-state index contributed by atoms with van der Waals surface area (Å²) in [4.78, 5) is 2.86. The first-order valence-corrected chi connectivity index (χ1v) is 8.81. The molecule has 1 heterocycles. The summed E-state index contributed by atoms with van der Waals surface area (Å²) in [6, 6.07) is 17.3. The predicted octanol–water partition coefficient (Wildman–Crippen LogP) is 6.11. The Labute approximate surface area is 134 Å². The monoisotopic (exact) mass is 312 g/mol. The first kappa shape index (κ1) is 13.4. The molecule has 1 aliphatic rings. The number of hydrogen-bond donors (Lipinski definition) is 0. The van der Waals surface area contributed by atoms with Crippen LogP contribution in [0.25, 0.3) is 10.8 Å². The minimum Gasteiger partial charge on any atom is -0.143 e. The van der Waals surface area contributed by atoms with Gasteiger partial charge in [0.05, 0.1) is 5.38 Å². The molecule has 0 radical (unpaired) electrons. The average molecular weight is 313 g/mol. The molecule has 0 aliphatic heterocycles. The molecule has 0 fully saturated rings. The molecule has 1 atom stereocenters. The van der Waals surface area contributed by atoms with E-state index in [0.29, 0.717) is 0 Å². The number of halogens is 1. The molecule has 0 spiro atoms. The van der Waals surface area contributed by atoms with Crippen LogP contribution in [0.5, 0.6) is 0 Å². The molecule has 0 saturated carbocycles. The second-order valence-corrected chi connectivity index (χ2v) is 7.34. The van der Waals surface area contributed by atoms with E-state index in [4.69, 9.17) is 11.6 Å². The highest BCUT2D eigenvalue weighted by atomic mass is 35.5. The minimum absolute atomic E-state index is 0.0355. The molecule has 21 heavy (non-hydrogen) atoms. The molecule has 3 aromatic rings. The van der Waals surface area contributed by atoms with E-state index in [0.717, 1.165) is 0 Å².